The number of allylic oxidation sites excluding steroid dienone is 5. The van der Waals surface area contributed by atoms with Crippen molar-refractivity contribution < 1.29 is 10.2 Å². The van der Waals surface area contributed by atoms with Crippen LogP contribution < -0.4 is 9.80 Å². The number of aromatic hydroxyl groups is 1. The van der Waals surface area contributed by atoms with E-state index in [1.54, 1.807) is 12.1 Å². The molecule has 0 amide bonds. The second-order valence-electron chi connectivity index (χ2n) is 14.6. The third-order valence-electron chi connectivity index (χ3n) is 11.0. The molecule has 0 saturated carbocycles. The van der Waals surface area contributed by atoms with Crippen LogP contribution in [0.3, 0.4) is 0 Å². The van der Waals surface area contributed by atoms with Crippen molar-refractivity contribution in [1.29, 1.82) is 0 Å². The van der Waals surface area contributed by atoms with Gasteiger partial charge >= 0.3 is 0 Å². The minimum absolute atomic E-state index is 0.219. The molecule has 0 fully saturated rings. The van der Waals surface area contributed by atoms with Crippen molar-refractivity contribution in [2.45, 2.75) is 37.2 Å². The molecule has 2 N–H and O–H groups in total. The van der Waals surface area contributed by atoms with Crippen molar-refractivity contribution in [3.8, 4) is 16.9 Å². The number of hydrogen-bond donors (Lipinski definition) is 2. The van der Waals surface area contributed by atoms with Crippen molar-refractivity contribution in [2.24, 2.45) is 0 Å². The van der Waals surface area contributed by atoms with Gasteiger partial charge in [0.2, 0.25) is 0 Å². The SMILES string of the molecule is CC1(O)C=CC(C2(c3ccc(O)cc3)c3cc(N(C4=CCCC=C4)c4ccccc4)ccc3-c3ccc(N(c4ccccc4)c4ccccc4)cc32)=CC1. The third kappa shape index (κ3) is 5.76. The average molecular weight is 703 g/mol. The van der Waals surface area contributed by atoms with Crippen LogP contribution in [0.25, 0.3) is 11.1 Å². The number of anilines is 5. The minimum atomic E-state index is -0.949. The first-order valence-corrected chi connectivity index (χ1v) is 18.8. The molecule has 3 aliphatic carbocycles. The van der Waals surface area contributed by atoms with Crippen molar-refractivity contribution >= 4 is 28.4 Å². The van der Waals surface area contributed by atoms with E-state index in [0.717, 1.165) is 80.4 Å². The summed E-state index contributed by atoms with van der Waals surface area (Å²) in [5.74, 6) is 0.219. The molecule has 4 nitrogen and oxygen atoms in total. The molecule has 0 aliphatic heterocycles. The van der Waals surface area contributed by atoms with Crippen LogP contribution in [0.2, 0.25) is 0 Å². The summed E-state index contributed by atoms with van der Waals surface area (Å²) in [7, 11) is 0. The molecule has 264 valence electrons. The molecule has 6 aromatic carbocycles. The Morgan fingerprint density at radius 2 is 1.07 bits per heavy atom. The highest BCUT2D eigenvalue weighted by molar-refractivity contribution is 5.91. The van der Waals surface area contributed by atoms with Crippen LogP contribution in [0.1, 0.15) is 42.9 Å². The fourth-order valence-electron chi connectivity index (χ4n) is 8.47. The lowest BCUT2D eigenvalue weighted by atomic mass is 9.65. The highest BCUT2D eigenvalue weighted by Gasteiger charge is 2.48. The normalized spacial score (nSPS) is 19.7. The van der Waals surface area contributed by atoms with Crippen molar-refractivity contribution in [3.05, 3.63) is 216 Å². The highest BCUT2D eigenvalue weighted by Crippen LogP contribution is 2.59. The summed E-state index contributed by atoms with van der Waals surface area (Å²) in [6, 6.07) is 53.0. The smallest absolute Gasteiger partial charge is 0.115 e. The van der Waals surface area contributed by atoms with Gasteiger partial charge in [-0.1, -0.05) is 109 Å². The van der Waals surface area contributed by atoms with Gasteiger partial charge in [0.15, 0.2) is 0 Å². The summed E-state index contributed by atoms with van der Waals surface area (Å²) in [6.07, 6.45) is 15.6. The van der Waals surface area contributed by atoms with E-state index in [0.29, 0.717) is 6.42 Å². The van der Waals surface area contributed by atoms with Crippen molar-refractivity contribution in [1.82, 2.24) is 0 Å². The largest absolute Gasteiger partial charge is 0.508 e. The lowest BCUT2D eigenvalue weighted by Crippen LogP contribution is -2.32. The van der Waals surface area contributed by atoms with E-state index < -0.39 is 11.0 Å². The Hall–Kier alpha value is -6.36. The summed E-state index contributed by atoms with van der Waals surface area (Å²) in [5.41, 5.74) is 11.5. The van der Waals surface area contributed by atoms with Gasteiger partial charge < -0.3 is 20.0 Å². The van der Waals surface area contributed by atoms with Crippen LogP contribution in [0, 0.1) is 0 Å². The number of aliphatic hydroxyl groups is 1. The van der Waals surface area contributed by atoms with E-state index in [9.17, 15) is 10.2 Å². The van der Waals surface area contributed by atoms with Crippen molar-refractivity contribution in [2.75, 3.05) is 9.80 Å². The Balaban J connectivity index is 1.33. The van der Waals surface area contributed by atoms with Crippen LogP contribution in [0.15, 0.2) is 199 Å². The van der Waals surface area contributed by atoms with E-state index >= 15 is 0 Å². The lowest BCUT2D eigenvalue weighted by Gasteiger charge is -2.38. The minimum Gasteiger partial charge on any atom is -0.508 e. The second kappa shape index (κ2) is 13.6. The van der Waals surface area contributed by atoms with Crippen molar-refractivity contribution in [3.63, 3.8) is 0 Å². The summed E-state index contributed by atoms with van der Waals surface area (Å²) in [6.45, 7) is 1.86. The van der Waals surface area contributed by atoms with E-state index in [1.165, 1.54) is 0 Å². The van der Waals surface area contributed by atoms with Gasteiger partial charge in [-0.05, 0) is 138 Å². The van der Waals surface area contributed by atoms with Crippen LogP contribution in [-0.2, 0) is 5.41 Å². The molecule has 0 radical (unpaired) electrons. The summed E-state index contributed by atoms with van der Waals surface area (Å²) < 4.78 is 0. The van der Waals surface area contributed by atoms with E-state index in [1.807, 2.05) is 25.1 Å². The first-order chi connectivity index (χ1) is 26.4. The molecule has 9 rings (SSSR count). The maximum atomic E-state index is 11.2. The molecule has 0 saturated heterocycles. The van der Waals surface area contributed by atoms with Gasteiger partial charge in [-0.2, -0.15) is 0 Å². The van der Waals surface area contributed by atoms with Gasteiger partial charge in [-0.15, -0.1) is 0 Å². The predicted octanol–water partition coefficient (Wildman–Crippen LogP) is 12.2. The zero-order chi connectivity index (χ0) is 36.7. The Morgan fingerprint density at radius 3 is 1.57 bits per heavy atom. The van der Waals surface area contributed by atoms with E-state index in [4.69, 9.17) is 0 Å². The van der Waals surface area contributed by atoms with Crippen LogP contribution in [0.5, 0.6) is 5.75 Å². The molecule has 2 atom stereocenters. The average Bonchev–Trinajstić information content (AvgIpc) is 3.50. The fraction of sp³-hybridized carbons (Fsp3) is 0.120. The van der Waals surface area contributed by atoms with Crippen LogP contribution >= 0.6 is 0 Å². The van der Waals surface area contributed by atoms with E-state index in [-0.39, 0.29) is 5.75 Å². The van der Waals surface area contributed by atoms with Crippen LogP contribution in [-0.4, -0.2) is 15.8 Å². The maximum Gasteiger partial charge on any atom is 0.115 e. The Labute approximate surface area is 317 Å². The number of benzene rings is 6. The first kappa shape index (κ1) is 33.5. The molecule has 0 heterocycles. The van der Waals surface area contributed by atoms with Gasteiger partial charge in [0.05, 0.1) is 11.0 Å². The van der Waals surface area contributed by atoms with Gasteiger partial charge in [-0.3, -0.25) is 0 Å². The maximum absolute atomic E-state index is 11.2. The number of nitrogens with zero attached hydrogens (tertiary/aromatic N) is 2. The fourth-order valence-corrected chi connectivity index (χ4v) is 8.47. The Morgan fingerprint density at radius 1 is 0.537 bits per heavy atom. The molecule has 54 heavy (non-hydrogen) atoms. The molecule has 0 bridgehead atoms. The quantitative estimate of drug-likeness (QED) is 0.166. The number of hydrogen-bond acceptors (Lipinski definition) is 4. The lowest BCUT2D eigenvalue weighted by molar-refractivity contribution is 0.113. The van der Waals surface area contributed by atoms with Gasteiger partial charge in [0, 0.05) is 34.1 Å². The number of phenols is 1. The third-order valence-corrected chi connectivity index (χ3v) is 11.0. The standard InChI is InChI=1S/C50H42N2O2/c1-49(54)32-30-37(31-33-49)50(36-22-26-44(53)27-23-36)47-34-42(51(38-14-6-2-7-15-38)39-16-8-3-9-17-39)24-28-45(47)46-29-25-43(35-48(46)50)52(40-18-10-4-11-19-40)41-20-12-5-13-21-41/h2-4,6-12,14-32,34-35,53-54H,5,13,33H2,1H3. The summed E-state index contributed by atoms with van der Waals surface area (Å²) in [4.78, 5) is 4.67. The predicted molar refractivity (Wildman–Crippen MR) is 222 cm³/mol. The van der Waals surface area contributed by atoms with Gasteiger partial charge in [0.25, 0.3) is 0 Å². The molecule has 2 unspecified atom stereocenters. The molecule has 0 aromatic heterocycles. The summed E-state index contributed by atoms with van der Waals surface area (Å²) >= 11 is 0. The molecular formula is C50H42N2O2. The molecule has 6 aromatic rings. The molecular weight excluding hydrogens is 661 g/mol. The second-order valence-corrected chi connectivity index (χ2v) is 14.6. The monoisotopic (exact) mass is 702 g/mol. The highest BCUT2D eigenvalue weighted by atomic mass is 16.3. The zero-order valence-corrected chi connectivity index (χ0v) is 30.3. The summed E-state index contributed by atoms with van der Waals surface area (Å²) in [5, 5.41) is 21.8. The van der Waals surface area contributed by atoms with E-state index in [2.05, 4.69) is 168 Å². The number of rotatable bonds is 8. The zero-order valence-electron chi connectivity index (χ0n) is 30.3. The topological polar surface area (TPSA) is 46.9 Å². The Bertz CT molecular complexity index is 2410. The van der Waals surface area contributed by atoms with Gasteiger partial charge in [0.1, 0.15) is 5.75 Å². The number of phenolic OH excluding ortho intramolecular Hbond substituents is 1. The first-order valence-electron chi connectivity index (χ1n) is 18.8. The number of fused-ring (bicyclic) bond motifs is 3. The van der Waals surface area contributed by atoms with Gasteiger partial charge in [-0.25, -0.2) is 0 Å². The Kier molecular flexibility index (Phi) is 8.41. The molecule has 4 heteroatoms. The van der Waals surface area contributed by atoms with Crippen LogP contribution in [0.4, 0.5) is 28.4 Å². The number of para-hydroxylation sites is 3. The molecule has 0 spiro atoms. The molecule has 3 aliphatic rings.